The van der Waals surface area contributed by atoms with Gasteiger partial charge in [-0.3, -0.25) is 4.79 Å². The van der Waals surface area contributed by atoms with Crippen molar-refractivity contribution in [1.82, 2.24) is 4.90 Å². The summed E-state index contributed by atoms with van der Waals surface area (Å²) in [4.78, 5) is 13.6. The van der Waals surface area contributed by atoms with Crippen LogP contribution < -0.4 is 0 Å². The number of halogens is 2. The first-order chi connectivity index (χ1) is 9.11. The van der Waals surface area contributed by atoms with E-state index in [0.717, 1.165) is 18.9 Å². The molecule has 0 bridgehead atoms. The highest BCUT2D eigenvalue weighted by Crippen LogP contribution is 2.29. The maximum atomic E-state index is 13.5. The van der Waals surface area contributed by atoms with Gasteiger partial charge in [-0.15, -0.1) is 6.42 Å². The van der Waals surface area contributed by atoms with Gasteiger partial charge in [-0.1, -0.05) is 18.1 Å². The molecule has 100 valence electrons. The molecule has 0 saturated heterocycles. The second kappa shape index (κ2) is 5.83. The topological polar surface area (TPSA) is 20.3 Å². The second-order valence-electron chi connectivity index (χ2n) is 4.81. The summed E-state index contributed by atoms with van der Waals surface area (Å²) in [5.74, 6) is 0.795. The number of nitrogens with zero attached hydrogens (tertiary/aromatic N) is 1. The Morgan fingerprint density at radius 1 is 1.42 bits per heavy atom. The minimum atomic E-state index is -0.956. The Morgan fingerprint density at radius 3 is 2.79 bits per heavy atom. The summed E-state index contributed by atoms with van der Waals surface area (Å²) < 4.78 is 26.6. The van der Waals surface area contributed by atoms with Gasteiger partial charge in [0.2, 0.25) is 5.91 Å². The summed E-state index contributed by atoms with van der Waals surface area (Å²) in [7, 11) is 0. The average molecular weight is 263 g/mol. The highest BCUT2D eigenvalue weighted by Gasteiger charge is 2.26. The third-order valence-electron chi connectivity index (χ3n) is 3.18. The van der Waals surface area contributed by atoms with E-state index in [1.165, 1.54) is 12.1 Å². The van der Waals surface area contributed by atoms with Gasteiger partial charge in [0.15, 0.2) is 11.6 Å². The molecule has 1 aliphatic carbocycles. The van der Waals surface area contributed by atoms with Crippen molar-refractivity contribution in [3.8, 4) is 12.3 Å². The zero-order chi connectivity index (χ0) is 13.8. The lowest BCUT2D eigenvalue weighted by atomic mass is 10.1. The molecule has 2 nitrogen and oxygen atoms in total. The predicted octanol–water partition coefficient (Wildman–Crippen LogP) is 2.38. The quantitative estimate of drug-likeness (QED) is 0.747. The third-order valence-corrected chi connectivity index (χ3v) is 3.18. The van der Waals surface area contributed by atoms with Gasteiger partial charge in [0, 0.05) is 12.1 Å². The molecule has 1 aliphatic rings. The molecule has 0 heterocycles. The Balaban J connectivity index is 2.05. The molecule has 1 amide bonds. The Labute approximate surface area is 111 Å². The van der Waals surface area contributed by atoms with Crippen molar-refractivity contribution in [2.45, 2.75) is 19.3 Å². The first-order valence-electron chi connectivity index (χ1n) is 6.26. The fourth-order valence-electron chi connectivity index (χ4n) is 1.94. The summed E-state index contributed by atoms with van der Waals surface area (Å²) in [6.45, 7) is 0.826. The van der Waals surface area contributed by atoms with Crippen molar-refractivity contribution in [3.05, 3.63) is 35.4 Å². The second-order valence-corrected chi connectivity index (χ2v) is 4.81. The summed E-state index contributed by atoms with van der Waals surface area (Å²) in [5.41, 5.74) is 0.0721. The number of hydrogen-bond donors (Lipinski definition) is 0. The van der Waals surface area contributed by atoms with Crippen LogP contribution in [0.4, 0.5) is 8.78 Å². The SMILES string of the molecule is C#CCN(CC1CC1)C(=O)Cc1cccc(F)c1F. The number of carbonyl (C=O) groups excluding carboxylic acids is 1. The average Bonchev–Trinajstić information content (AvgIpc) is 3.18. The molecule has 0 aromatic heterocycles. The monoisotopic (exact) mass is 263 g/mol. The van der Waals surface area contributed by atoms with Crippen LogP contribution in [0.25, 0.3) is 0 Å². The van der Waals surface area contributed by atoms with Gasteiger partial charge in [0.1, 0.15) is 0 Å². The Hall–Kier alpha value is -1.89. The zero-order valence-electron chi connectivity index (χ0n) is 10.5. The number of amides is 1. The Kier molecular flexibility index (Phi) is 4.16. The normalized spacial score (nSPS) is 13.9. The lowest BCUT2D eigenvalue weighted by Crippen LogP contribution is -2.34. The third kappa shape index (κ3) is 3.54. The summed E-state index contributed by atoms with van der Waals surface area (Å²) >= 11 is 0. The standard InChI is InChI=1S/C15H15F2NO/c1-2-8-18(10-11-6-7-11)14(19)9-12-4-3-5-13(16)15(12)17/h1,3-5,11H,6-10H2. The van der Waals surface area contributed by atoms with E-state index in [2.05, 4.69) is 5.92 Å². The lowest BCUT2D eigenvalue weighted by Gasteiger charge is -2.20. The fourth-order valence-corrected chi connectivity index (χ4v) is 1.94. The summed E-state index contributed by atoms with van der Waals surface area (Å²) in [6, 6.07) is 3.85. The van der Waals surface area contributed by atoms with Crippen LogP contribution in [-0.2, 0) is 11.2 Å². The molecule has 1 saturated carbocycles. The van der Waals surface area contributed by atoms with Crippen LogP contribution in [0.3, 0.4) is 0 Å². The Bertz CT molecular complexity index is 517. The summed E-state index contributed by atoms with van der Waals surface area (Å²) in [5, 5.41) is 0. The Morgan fingerprint density at radius 2 is 2.16 bits per heavy atom. The molecular formula is C15H15F2NO. The first kappa shape index (κ1) is 13.5. The van der Waals surface area contributed by atoms with Crippen LogP contribution in [0.15, 0.2) is 18.2 Å². The van der Waals surface area contributed by atoms with E-state index in [9.17, 15) is 13.6 Å². The van der Waals surface area contributed by atoms with E-state index in [1.807, 2.05) is 0 Å². The van der Waals surface area contributed by atoms with Crippen molar-refractivity contribution in [2.75, 3.05) is 13.1 Å². The minimum Gasteiger partial charge on any atom is -0.331 e. The molecule has 19 heavy (non-hydrogen) atoms. The van der Waals surface area contributed by atoms with Gasteiger partial charge in [-0.05, 0) is 24.8 Å². The van der Waals surface area contributed by atoms with Gasteiger partial charge >= 0.3 is 0 Å². The maximum Gasteiger partial charge on any atom is 0.227 e. The van der Waals surface area contributed by atoms with E-state index in [1.54, 1.807) is 4.90 Å². The number of terminal acetylenes is 1. The van der Waals surface area contributed by atoms with E-state index in [-0.39, 0.29) is 24.4 Å². The fraction of sp³-hybridized carbons (Fsp3) is 0.400. The molecule has 1 aromatic carbocycles. The molecule has 0 radical (unpaired) electrons. The molecule has 0 unspecified atom stereocenters. The smallest absolute Gasteiger partial charge is 0.227 e. The number of carbonyl (C=O) groups is 1. The van der Waals surface area contributed by atoms with Crippen LogP contribution in [0.1, 0.15) is 18.4 Å². The minimum absolute atomic E-state index is 0.0721. The maximum absolute atomic E-state index is 13.5. The molecule has 2 rings (SSSR count). The van der Waals surface area contributed by atoms with Gasteiger partial charge in [-0.2, -0.15) is 0 Å². The molecule has 0 atom stereocenters. The van der Waals surface area contributed by atoms with Crippen molar-refractivity contribution >= 4 is 5.91 Å². The van der Waals surface area contributed by atoms with Crippen LogP contribution in [-0.4, -0.2) is 23.9 Å². The van der Waals surface area contributed by atoms with Gasteiger partial charge < -0.3 is 4.90 Å². The highest BCUT2D eigenvalue weighted by molar-refractivity contribution is 5.79. The zero-order valence-corrected chi connectivity index (χ0v) is 10.5. The van der Waals surface area contributed by atoms with Crippen molar-refractivity contribution < 1.29 is 13.6 Å². The van der Waals surface area contributed by atoms with Gasteiger partial charge in [0.25, 0.3) is 0 Å². The van der Waals surface area contributed by atoms with Crippen LogP contribution >= 0.6 is 0 Å². The van der Waals surface area contributed by atoms with Crippen molar-refractivity contribution in [2.24, 2.45) is 5.92 Å². The molecular weight excluding hydrogens is 248 g/mol. The lowest BCUT2D eigenvalue weighted by molar-refractivity contribution is -0.130. The van der Waals surface area contributed by atoms with Gasteiger partial charge in [0.05, 0.1) is 13.0 Å². The first-order valence-corrected chi connectivity index (χ1v) is 6.26. The molecule has 1 fully saturated rings. The van der Waals surface area contributed by atoms with Crippen LogP contribution in [0.2, 0.25) is 0 Å². The number of benzene rings is 1. The van der Waals surface area contributed by atoms with Crippen molar-refractivity contribution in [1.29, 1.82) is 0 Å². The molecule has 4 heteroatoms. The molecule has 0 spiro atoms. The molecule has 1 aromatic rings. The van der Waals surface area contributed by atoms with Gasteiger partial charge in [-0.25, -0.2) is 8.78 Å². The predicted molar refractivity (Wildman–Crippen MR) is 68.2 cm³/mol. The summed E-state index contributed by atoms with van der Waals surface area (Å²) in [6.07, 6.45) is 7.28. The van der Waals surface area contributed by atoms with Crippen LogP contribution in [0.5, 0.6) is 0 Å². The molecule has 0 N–H and O–H groups in total. The van der Waals surface area contributed by atoms with E-state index < -0.39 is 11.6 Å². The van der Waals surface area contributed by atoms with E-state index >= 15 is 0 Å². The largest absolute Gasteiger partial charge is 0.331 e. The van der Waals surface area contributed by atoms with E-state index in [0.29, 0.717) is 12.5 Å². The number of hydrogen-bond acceptors (Lipinski definition) is 1. The molecule has 0 aliphatic heterocycles. The van der Waals surface area contributed by atoms with Crippen molar-refractivity contribution in [3.63, 3.8) is 0 Å². The van der Waals surface area contributed by atoms with E-state index in [4.69, 9.17) is 6.42 Å². The number of rotatable bonds is 5. The van der Waals surface area contributed by atoms with Crippen LogP contribution in [0, 0.1) is 29.9 Å². The highest BCUT2D eigenvalue weighted by atomic mass is 19.2.